The van der Waals surface area contributed by atoms with Crippen LogP contribution >= 0.6 is 15.9 Å². The molecule has 2 aromatic rings. The Balaban J connectivity index is 2.37. The topological polar surface area (TPSA) is 92.1 Å². The second-order valence-electron chi connectivity index (χ2n) is 4.17. The van der Waals surface area contributed by atoms with Gasteiger partial charge in [0.15, 0.2) is 0 Å². The maximum Gasteiger partial charge on any atom is 0.246 e. The van der Waals surface area contributed by atoms with Gasteiger partial charge >= 0.3 is 0 Å². The van der Waals surface area contributed by atoms with Gasteiger partial charge in [0.1, 0.15) is 10.7 Å². The Morgan fingerprint density at radius 1 is 1.50 bits per heavy atom. The molecular formula is C11H12BrFN4O2S. The third-order valence-electron chi connectivity index (χ3n) is 2.70. The Kier molecular flexibility index (Phi) is 4.11. The van der Waals surface area contributed by atoms with Crippen molar-refractivity contribution in [2.75, 3.05) is 12.8 Å². The zero-order chi connectivity index (χ0) is 14.9. The van der Waals surface area contributed by atoms with E-state index in [4.69, 9.17) is 5.73 Å². The first-order valence-electron chi connectivity index (χ1n) is 5.51. The molecule has 0 spiro atoms. The third-order valence-corrected chi connectivity index (χ3v) is 5.20. The highest BCUT2D eigenvalue weighted by molar-refractivity contribution is 9.10. The van der Waals surface area contributed by atoms with Gasteiger partial charge in [0.2, 0.25) is 10.0 Å². The lowest BCUT2D eigenvalue weighted by Crippen LogP contribution is -2.27. The molecule has 1 heterocycles. The fourth-order valence-corrected chi connectivity index (χ4v) is 3.17. The average molecular weight is 363 g/mol. The molecule has 0 saturated heterocycles. The summed E-state index contributed by atoms with van der Waals surface area (Å²) in [5.41, 5.74) is 6.43. The summed E-state index contributed by atoms with van der Waals surface area (Å²) in [6, 6.07) is 2.13. The van der Waals surface area contributed by atoms with E-state index in [-0.39, 0.29) is 12.2 Å². The zero-order valence-corrected chi connectivity index (χ0v) is 12.9. The molecule has 20 heavy (non-hydrogen) atoms. The van der Waals surface area contributed by atoms with E-state index in [0.29, 0.717) is 10.0 Å². The van der Waals surface area contributed by atoms with Crippen LogP contribution in [0, 0.1) is 5.82 Å². The van der Waals surface area contributed by atoms with E-state index in [1.807, 2.05) is 0 Å². The number of hydrogen-bond donors (Lipinski definition) is 2. The Morgan fingerprint density at radius 2 is 2.20 bits per heavy atom. The van der Waals surface area contributed by atoms with Gasteiger partial charge in [-0.25, -0.2) is 12.8 Å². The molecule has 0 aliphatic carbocycles. The van der Waals surface area contributed by atoms with Crippen molar-refractivity contribution >= 4 is 31.6 Å². The van der Waals surface area contributed by atoms with Crippen molar-refractivity contribution < 1.29 is 12.8 Å². The quantitative estimate of drug-likeness (QED) is 0.809. The molecule has 0 radical (unpaired) electrons. The molecule has 0 amide bonds. The van der Waals surface area contributed by atoms with E-state index in [9.17, 15) is 12.8 Å². The molecule has 1 aromatic heterocycles. The number of benzene rings is 1. The molecule has 0 aliphatic rings. The molecule has 0 atom stereocenters. The van der Waals surface area contributed by atoms with Crippen LogP contribution in [0.3, 0.4) is 0 Å². The van der Waals surface area contributed by atoms with Crippen molar-refractivity contribution in [3.8, 4) is 0 Å². The van der Waals surface area contributed by atoms with Crippen molar-refractivity contribution in [2.24, 2.45) is 0 Å². The van der Waals surface area contributed by atoms with E-state index >= 15 is 0 Å². The minimum Gasteiger partial charge on any atom is -0.398 e. The molecule has 0 saturated carbocycles. The van der Waals surface area contributed by atoms with Crippen molar-refractivity contribution in [1.29, 1.82) is 0 Å². The molecule has 108 valence electrons. The summed E-state index contributed by atoms with van der Waals surface area (Å²) >= 11 is 3.05. The molecule has 0 fully saturated rings. The second-order valence-corrected chi connectivity index (χ2v) is 7.04. The lowest BCUT2D eigenvalue weighted by Gasteiger charge is -2.17. The summed E-state index contributed by atoms with van der Waals surface area (Å²) in [5.74, 6) is -0.856. The van der Waals surface area contributed by atoms with Crippen LogP contribution in [0.15, 0.2) is 33.9 Å². The van der Waals surface area contributed by atoms with Crippen LogP contribution in [-0.4, -0.2) is 30.0 Å². The van der Waals surface area contributed by atoms with Gasteiger partial charge in [0.25, 0.3) is 0 Å². The first-order valence-corrected chi connectivity index (χ1v) is 7.74. The van der Waals surface area contributed by atoms with Gasteiger partial charge in [-0.1, -0.05) is 0 Å². The van der Waals surface area contributed by atoms with Gasteiger partial charge in [-0.2, -0.15) is 9.40 Å². The van der Waals surface area contributed by atoms with Crippen LogP contribution < -0.4 is 5.73 Å². The number of anilines is 1. The monoisotopic (exact) mass is 362 g/mol. The molecular weight excluding hydrogens is 351 g/mol. The number of aromatic nitrogens is 2. The highest BCUT2D eigenvalue weighted by Gasteiger charge is 2.25. The molecule has 0 unspecified atom stereocenters. The number of hydrogen-bond acceptors (Lipinski definition) is 4. The number of halogens is 2. The van der Waals surface area contributed by atoms with E-state index < -0.39 is 20.7 Å². The molecule has 6 nitrogen and oxygen atoms in total. The smallest absolute Gasteiger partial charge is 0.246 e. The number of nitrogens with two attached hydrogens (primary N) is 1. The predicted molar refractivity (Wildman–Crippen MR) is 75.8 cm³/mol. The van der Waals surface area contributed by atoms with E-state index in [1.54, 1.807) is 6.20 Å². The maximum atomic E-state index is 13.9. The molecule has 0 bridgehead atoms. The summed E-state index contributed by atoms with van der Waals surface area (Å²) in [7, 11) is -2.61. The Morgan fingerprint density at radius 3 is 2.80 bits per heavy atom. The third kappa shape index (κ3) is 2.84. The summed E-state index contributed by atoms with van der Waals surface area (Å²) < 4.78 is 39.9. The minimum atomic E-state index is -3.97. The minimum absolute atomic E-state index is 0.0776. The van der Waals surface area contributed by atoms with Gasteiger partial charge in [0, 0.05) is 35.5 Å². The lowest BCUT2D eigenvalue weighted by molar-refractivity contribution is 0.460. The number of rotatable bonds is 4. The highest BCUT2D eigenvalue weighted by atomic mass is 79.9. The Hall–Kier alpha value is -1.45. The zero-order valence-electron chi connectivity index (χ0n) is 10.5. The first kappa shape index (κ1) is 14.9. The van der Waals surface area contributed by atoms with E-state index in [0.717, 1.165) is 16.4 Å². The Labute approximate surface area is 124 Å². The molecule has 9 heteroatoms. The van der Waals surface area contributed by atoms with Crippen LogP contribution in [0.4, 0.5) is 10.1 Å². The van der Waals surface area contributed by atoms with E-state index in [1.165, 1.54) is 13.2 Å². The van der Waals surface area contributed by atoms with Gasteiger partial charge in [-0.3, -0.25) is 5.10 Å². The van der Waals surface area contributed by atoms with Crippen LogP contribution in [0.1, 0.15) is 5.56 Å². The number of nitrogen functional groups attached to an aromatic ring is 1. The molecule has 2 rings (SSSR count). The summed E-state index contributed by atoms with van der Waals surface area (Å²) in [6.45, 7) is 0.0776. The fraction of sp³-hybridized carbons (Fsp3) is 0.182. The summed E-state index contributed by atoms with van der Waals surface area (Å²) in [5, 5.41) is 6.31. The Bertz CT molecular complexity index is 718. The van der Waals surface area contributed by atoms with Crippen LogP contribution in [0.2, 0.25) is 0 Å². The molecule has 3 N–H and O–H groups in total. The average Bonchev–Trinajstić information content (AvgIpc) is 2.86. The van der Waals surface area contributed by atoms with E-state index in [2.05, 4.69) is 26.1 Å². The highest BCUT2D eigenvalue weighted by Crippen LogP contribution is 2.28. The predicted octanol–water partition coefficient (Wildman–Crippen LogP) is 1.71. The second kappa shape index (κ2) is 5.51. The van der Waals surface area contributed by atoms with Crippen molar-refractivity contribution in [3.63, 3.8) is 0 Å². The van der Waals surface area contributed by atoms with Gasteiger partial charge in [-0.05, 0) is 28.1 Å². The largest absolute Gasteiger partial charge is 0.398 e. The number of H-pyrrole nitrogens is 1. The van der Waals surface area contributed by atoms with Crippen molar-refractivity contribution in [3.05, 3.63) is 40.4 Å². The van der Waals surface area contributed by atoms with Gasteiger partial charge in [0.05, 0.1) is 6.20 Å². The number of nitrogens with one attached hydrogen (secondary N) is 1. The summed E-state index contributed by atoms with van der Waals surface area (Å²) in [6.07, 6.45) is 3.07. The SMILES string of the molecule is CN(Cc1cn[nH]c1)S(=O)(=O)c1cc(N)c(Br)cc1F. The van der Waals surface area contributed by atoms with Crippen molar-refractivity contribution in [2.45, 2.75) is 11.4 Å². The molecule has 0 aliphatic heterocycles. The summed E-state index contributed by atoms with van der Waals surface area (Å²) in [4.78, 5) is -0.454. The fourth-order valence-electron chi connectivity index (χ4n) is 1.62. The first-order chi connectivity index (χ1) is 9.32. The maximum absolute atomic E-state index is 13.9. The number of nitrogens with zero attached hydrogens (tertiary/aromatic N) is 2. The van der Waals surface area contributed by atoms with Crippen LogP contribution in [-0.2, 0) is 16.6 Å². The lowest BCUT2D eigenvalue weighted by atomic mass is 10.3. The van der Waals surface area contributed by atoms with Gasteiger partial charge < -0.3 is 5.73 Å². The molecule has 1 aromatic carbocycles. The standard InChI is InChI=1S/C11H12BrFN4O2S/c1-17(6-7-4-15-16-5-7)20(18,19)11-3-10(14)8(12)2-9(11)13/h2-5H,6,14H2,1H3,(H,15,16). The normalized spacial score (nSPS) is 12.0. The van der Waals surface area contributed by atoms with Crippen LogP contribution in [0.25, 0.3) is 0 Å². The van der Waals surface area contributed by atoms with Gasteiger partial charge in [-0.15, -0.1) is 0 Å². The number of sulfonamides is 1. The van der Waals surface area contributed by atoms with Crippen molar-refractivity contribution in [1.82, 2.24) is 14.5 Å². The number of aromatic amines is 1. The van der Waals surface area contributed by atoms with Crippen LogP contribution in [0.5, 0.6) is 0 Å².